The molecule has 2 heteroatoms. The molecule has 2 nitrogen and oxygen atoms in total. The molecule has 230 valence electrons. The summed E-state index contributed by atoms with van der Waals surface area (Å²) in [5, 5.41) is 3.62. The Hall–Kier alpha value is -0.940. The molecule has 0 aromatic rings. The van der Waals surface area contributed by atoms with E-state index in [1.807, 2.05) is 6.92 Å². The Morgan fingerprint density at radius 1 is 0.564 bits per heavy atom. The van der Waals surface area contributed by atoms with Gasteiger partial charge in [0.2, 0.25) is 0 Å². The highest BCUT2D eigenvalue weighted by atomic mass is 15.2. The average Bonchev–Trinajstić information content (AvgIpc) is 2.91. The quantitative estimate of drug-likeness (QED) is 0.0714. The maximum absolute atomic E-state index is 4.48. The van der Waals surface area contributed by atoms with Crippen LogP contribution in [0.1, 0.15) is 189 Å². The summed E-state index contributed by atoms with van der Waals surface area (Å²) in [5.74, 6) is 6.34. The van der Waals surface area contributed by atoms with Crippen LogP contribution in [0, 0.1) is 11.8 Å². The molecular weight excluding hydrogens is 472 g/mol. The SMILES string of the molecule is C=C(CNC(C)(C)C#CC)N(CCCCCCCCCCCCCC)CCCCCCCCCCCCCC. The van der Waals surface area contributed by atoms with E-state index in [1.165, 1.54) is 160 Å². The summed E-state index contributed by atoms with van der Waals surface area (Å²) in [5.41, 5.74) is 1.09. The molecule has 0 fully saturated rings. The van der Waals surface area contributed by atoms with Gasteiger partial charge in [-0.05, 0) is 33.6 Å². The molecule has 0 aliphatic heterocycles. The first-order valence-corrected chi connectivity index (χ1v) is 17.6. The minimum Gasteiger partial charge on any atom is -0.374 e. The van der Waals surface area contributed by atoms with E-state index in [0.29, 0.717) is 0 Å². The number of nitrogens with zero attached hydrogens (tertiary/aromatic N) is 1. The minimum atomic E-state index is -0.157. The summed E-state index contributed by atoms with van der Waals surface area (Å²) < 4.78 is 0. The first-order chi connectivity index (χ1) is 19.0. The summed E-state index contributed by atoms with van der Waals surface area (Å²) in [6.45, 7) is 18.5. The van der Waals surface area contributed by atoms with Crippen molar-refractivity contribution in [2.75, 3.05) is 19.6 Å². The van der Waals surface area contributed by atoms with E-state index in [9.17, 15) is 0 Å². The lowest BCUT2D eigenvalue weighted by molar-refractivity contribution is 0.309. The van der Waals surface area contributed by atoms with E-state index >= 15 is 0 Å². The zero-order chi connectivity index (χ0) is 28.9. The van der Waals surface area contributed by atoms with Crippen LogP contribution in [-0.2, 0) is 0 Å². The predicted molar refractivity (Wildman–Crippen MR) is 178 cm³/mol. The molecule has 0 aliphatic rings. The maximum Gasteiger partial charge on any atom is 0.0746 e. The molecule has 0 unspecified atom stereocenters. The van der Waals surface area contributed by atoms with Gasteiger partial charge in [-0.2, -0.15) is 0 Å². The smallest absolute Gasteiger partial charge is 0.0746 e. The third-order valence-electron chi connectivity index (χ3n) is 8.18. The van der Waals surface area contributed by atoms with Gasteiger partial charge < -0.3 is 4.90 Å². The molecule has 0 rings (SSSR count). The van der Waals surface area contributed by atoms with Crippen molar-refractivity contribution in [1.82, 2.24) is 10.2 Å². The van der Waals surface area contributed by atoms with Crippen molar-refractivity contribution in [3.05, 3.63) is 12.3 Å². The first-order valence-electron chi connectivity index (χ1n) is 17.6. The van der Waals surface area contributed by atoms with Crippen molar-refractivity contribution in [2.24, 2.45) is 0 Å². The van der Waals surface area contributed by atoms with Gasteiger partial charge in [0.25, 0.3) is 0 Å². The summed E-state index contributed by atoms with van der Waals surface area (Å²) in [6.07, 6.45) is 33.8. The van der Waals surface area contributed by atoms with Crippen LogP contribution >= 0.6 is 0 Å². The number of hydrogen-bond acceptors (Lipinski definition) is 2. The van der Waals surface area contributed by atoms with Crippen LogP contribution in [0.5, 0.6) is 0 Å². The van der Waals surface area contributed by atoms with Crippen LogP contribution in [0.2, 0.25) is 0 Å². The van der Waals surface area contributed by atoms with E-state index in [-0.39, 0.29) is 5.54 Å². The molecule has 0 amide bonds. The van der Waals surface area contributed by atoms with Crippen molar-refractivity contribution in [2.45, 2.75) is 194 Å². The summed E-state index contributed by atoms with van der Waals surface area (Å²) in [6, 6.07) is 0. The van der Waals surface area contributed by atoms with Gasteiger partial charge in [-0.3, -0.25) is 5.32 Å². The number of hydrogen-bond donors (Lipinski definition) is 1. The third-order valence-corrected chi connectivity index (χ3v) is 8.18. The Balaban J connectivity index is 4.13. The molecule has 0 saturated carbocycles. The van der Waals surface area contributed by atoms with Crippen molar-refractivity contribution >= 4 is 0 Å². The second kappa shape index (κ2) is 28.6. The van der Waals surface area contributed by atoms with Crippen LogP contribution in [0.4, 0.5) is 0 Å². The van der Waals surface area contributed by atoms with Gasteiger partial charge >= 0.3 is 0 Å². The highest BCUT2D eigenvalue weighted by Crippen LogP contribution is 2.15. The fourth-order valence-electron chi connectivity index (χ4n) is 5.51. The second-order valence-corrected chi connectivity index (χ2v) is 12.7. The molecule has 0 aliphatic carbocycles. The molecule has 0 saturated heterocycles. The number of rotatable bonds is 30. The van der Waals surface area contributed by atoms with Gasteiger partial charge in [0.1, 0.15) is 0 Å². The molecule has 0 aromatic heterocycles. The van der Waals surface area contributed by atoms with Gasteiger partial charge in [0.05, 0.1) is 5.54 Å². The highest BCUT2D eigenvalue weighted by Gasteiger charge is 2.15. The fraction of sp³-hybridized carbons (Fsp3) is 0.892. The number of nitrogens with one attached hydrogen (secondary N) is 1. The predicted octanol–water partition coefficient (Wildman–Crippen LogP) is 11.6. The van der Waals surface area contributed by atoms with Crippen LogP contribution in [-0.4, -0.2) is 30.1 Å². The highest BCUT2D eigenvalue weighted by molar-refractivity contribution is 5.14. The minimum absolute atomic E-state index is 0.157. The molecular formula is C37H72N2. The Morgan fingerprint density at radius 3 is 1.18 bits per heavy atom. The number of unbranched alkanes of at least 4 members (excludes halogenated alkanes) is 22. The van der Waals surface area contributed by atoms with Gasteiger partial charge in [-0.1, -0.05) is 168 Å². The molecule has 0 spiro atoms. The van der Waals surface area contributed by atoms with Crippen LogP contribution in [0.3, 0.4) is 0 Å². The summed E-state index contributed by atoms with van der Waals surface area (Å²) in [7, 11) is 0. The lowest BCUT2D eigenvalue weighted by atomic mass is 10.0. The molecule has 39 heavy (non-hydrogen) atoms. The zero-order valence-corrected chi connectivity index (χ0v) is 27.7. The maximum atomic E-state index is 4.48. The third kappa shape index (κ3) is 27.0. The molecule has 0 aromatic carbocycles. The molecule has 0 radical (unpaired) electrons. The van der Waals surface area contributed by atoms with Crippen molar-refractivity contribution in [1.29, 1.82) is 0 Å². The average molecular weight is 545 g/mol. The van der Waals surface area contributed by atoms with E-state index in [4.69, 9.17) is 0 Å². The van der Waals surface area contributed by atoms with Crippen molar-refractivity contribution < 1.29 is 0 Å². The van der Waals surface area contributed by atoms with E-state index < -0.39 is 0 Å². The van der Waals surface area contributed by atoms with E-state index in [0.717, 1.165) is 19.6 Å². The Labute approximate surface area is 247 Å². The van der Waals surface area contributed by atoms with Gasteiger partial charge in [0, 0.05) is 25.3 Å². The molecule has 1 N–H and O–H groups in total. The summed E-state index contributed by atoms with van der Waals surface area (Å²) >= 11 is 0. The fourth-order valence-corrected chi connectivity index (χ4v) is 5.51. The van der Waals surface area contributed by atoms with Crippen LogP contribution in [0.15, 0.2) is 12.3 Å². The summed E-state index contributed by atoms with van der Waals surface area (Å²) in [4.78, 5) is 2.58. The lowest BCUT2D eigenvalue weighted by Gasteiger charge is -2.29. The second-order valence-electron chi connectivity index (χ2n) is 12.7. The van der Waals surface area contributed by atoms with Gasteiger partial charge in [-0.15, -0.1) is 5.92 Å². The van der Waals surface area contributed by atoms with Gasteiger partial charge in [-0.25, -0.2) is 0 Å². The monoisotopic (exact) mass is 545 g/mol. The molecule has 0 bridgehead atoms. The topological polar surface area (TPSA) is 15.3 Å². The standard InChI is InChI=1S/C37H72N2/c1-7-10-12-14-16-18-20-22-24-26-28-30-33-39(36(4)35-38-37(5,6)32-9-3)34-31-29-27-25-23-21-19-17-15-13-11-8-2/h38H,4,7-8,10-31,33-35H2,1-3,5-6H3. The Morgan fingerprint density at radius 2 is 0.872 bits per heavy atom. The normalized spacial score (nSPS) is 11.4. The Kier molecular flexibility index (Phi) is 27.9. The van der Waals surface area contributed by atoms with E-state index in [1.54, 1.807) is 0 Å². The lowest BCUT2D eigenvalue weighted by Crippen LogP contribution is -2.41. The van der Waals surface area contributed by atoms with Crippen molar-refractivity contribution in [3.8, 4) is 11.8 Å². The van der Waals surface area contributed by atoms with Crippen LogP contribution in [0.25, 0.3) is 0 Å². The Bertz CT molecular complexity index is 554. The van der Waals surface area contributed by atoms with Crippen molar-refractivity contribution in [3.63, 3.8) is 0 Å². The van der Waals surface area contributed by atoms with Gasteiger partial charge in [0.15, 0.2) is 0 Å². The molecule has 0 heterocycles. The largest absolute Gasteiger partial charge is 0.374 e. The zero-order valence-electron chi connectivity index (χ0n) is 27.7. The first kappa shape index (κ1) is 38.1. The van der Waals surface area contributed by atoms with Crippen LogP contribution < -0.4 is 5.32 Å². The molecule has 0 atom stereocenters. The van der Waals surface area contributed by atoms with E-state index in [2.05, 4.69) is 56.3 Å².